The molecule has 2 aromatic carbocycles. The second kappa shape index (κ2) is 5.54. The molecule has 2 aromatic rings. The molecule has 1 aliphatic heterocycles. The first-order chi connectivity index (χ1) is 10.8. The normalized spacial score (nSPS) is 21.5. The van der Waals surface area contributed by atoms with E-state index in [1.54, 1.807) is 0 Å². The summed E-state index contributed by atoms with van der Waals surface area (Å²) in [4.78, 5) is 15.1. The van der Waals surface area contributed by atoms with Gasteiger partial charge in [-0.1, -0.05) is 60.7 Å². The molecule has 0 spiro atoms. The van der Waals surface area contributed by atoms with Crippen LogP contribution in [0.2, 0.25) is 0 Å². The van der Waals surface area contributed by atoms with E-state index in [1.165, 1.54) is 11.1 Å². The Morgan fingerprint density at radius 1 is 0.909 bits per heavy atom. The number of nitrogens with zero attached hydrogens (tertiary/aromatic N) is 1. The number of hydrogen-bond donors (Lipinski definition) is 0. The average Bonchev–Trinajstić information content (AvgIpc) is 3.08. The van der Waals surface area contributed by atoms with Gasteiger partial charge in [0.15, 0.2) is 5.78 Å². The van der Waals surface area contributed by atoms with Crippen molar-refractivity contribution in [1.29, 1.82) is 0 Å². The average molecular weight is 289 g/mol. The van der Waals surface area contributed by atoms with Crippen LogP contribution in [-0.4, -0.2) is 23.8 Å². The Hall–Kier alpha value is -2.19. The Morgan fingerprint density at radius 3 is 2.27 bits per heavy atom. The van der Waals surface area contributed by atoms with E-state index in [9.17, 15) is 4.79 Å². The fraction of sp³-hybridized carbons (Fsp3) is 0.250. The van der Waals surface area contributed by atoms with E-state index in [0.29, 0.717) is 5.78 Å². The third-order valence-corrected chi connectivity index (χ3v) is 4.74. The zero-order chi connectivity index (χ0) is 14.9. The summed E-state index contributed by atoms with van der Waals surface area (Å²) in [5, 5.41) is 0. The number of Topliss-reactive ketones (excluding diaryl/α,β-unsaturated/α-hetero) is 1. The lowest BCUT2D eigenvalue weighted by molar-refractivity contribution is -0.116. The number of carbonyl (C=O) groups excluding carboxylic acids is 1. The van der Waals surface area contributed by atoms with Crippen molar-refractivity contribution in [2.24, 2.45) is 0 Å². The van der Waals surface area contributed by atoms with Crippen molar-refractivity contribution in [2.45, 2.75) is 18.9 Å². The molecule has 0 saturated carbocycles. The molecule has 0 bridgehead atoms. The maximum Gasteiger partial charge on any atom is 0.167 e. The van der Waals surface area contributed by atoms with Gasteiger partial charge < -0.3 is 0 Å². The van der Waals surface area contributed by atoms with E-state index in [2.05, 4.69) is 41.3 Å². The van der Waals surface area contributed by atoms with Gasteiger partial charge in [-0.25, -0.2) is 0 Å². The summed E-state index contributed by atoms with van der Waals surface area (Å²) in [6.45, 7) is 2.68. The standard InChI is InChI=1S/C20H19NO/c22-20-18(16-9-5-2-6-10-16)11-17-13-21(14-19(17)20)12-15-7-3-1-4-8-15/h1-10,18H,11-14H2. The first-order valence-corrected chi connectivity index (χ1v) is 7.87. The Balaban J connectivity index is 1.45. The molecular formula is C20H19NO. The van der Waals surface area contributed by atoms with Crippen LogP contribution in [0.25, 0.3) is 0 Å². The van der Waals surface area contributed by atoms with Gasteiger partial charge in [0, 0.05) is 25.2 Å². The molecular weight excluding hydrogens is 270 g/mol. The third-order valence-electron chi connectivity index (χ3n) is 4.74. The van der Waals surface area contributed by atoms with Crippen molar-refractivity contribution in [2.75, 3.05) is 13.1 Å². The van der Waals surface area contributed by atoms with E-state index in [-0.39, 0.29) is 5.92 Å². The van der Waals surface area contributed by atoms with E-state index in [4.69, 9.17) is 0 Å². The number of benzene rings is 2. The fourth-order valence-corrected chi connectivity index (χ4v) is 3.65. The zero-order valence-electron chi connectivity index (χ0n) is 12.5. The summed E-state index contributed by atoms with van der Waals surface area (Å²) in [7, 11) is 0. The number of hydrogen-bond acceptors (Lipinski definition) is 2. The molecule has 1 unspecified atom stereocenters. The van der Waals surface area contributed by atoms with Gasteiger partial charge in [-0.2, -0.15) is 0 Å². The lowest BCUT2D eigenvalue weighted by Crippen LogP contribution is -2.25. The zero-order valence-corrected chi connectivity index (χ0v) is 12.5. The van der Waals surface area contributed by atoms with Gasteiger partial charge >= 0.3 is 0 Å². The summed E-state index contributed by atoms with van der Waals surface area (Å²) >= 11 is 0. The molecule has 1 heterocycles. The molecule has 1 atom stereocenters. The van der Waals surface area contributed by atoms with Crippen LogP contribution in [-0.2, 0) is 11.3 Å². The number of rotatable bonds is 3. The molecule has 0 saturated heterocycles. The molecule has 0 fully saturated rings. The molecule has 0 radical (unpaired) electrons. The van der Waals surface area contributed by atoms with Crippen LogP contribution in [0.4, 0.5) is 0 Å². The van der Waals surface area contributed by atoms with E-state index >= 15 is 0 Å². The monoisotopic (exact) mass is 289 g/mol. The van der Waals surface area contributed by atoms with Crippen molar-refractivity contribution < 1.29 is 4.79 Å². The largest absolute Gasteiger partial charge is 0.294 e. The Kier molecular flexibility index (Phi) is 3.39. The predicted molar refractivity (Wildman–Crippen MR) is 87.6 cm³/mol. The highest BCUT2D eigenvalue weighted by atomic mass is 16.1. The van der Waals surface area contributed by atoms with Gasteiger partial charge in [-0.05, 0) is 23.1 Å². The third kappa shape index (κ3) is 2.40. The van der Waals surface area contributed by atoms with Crippen molar-refractivity contribution in [3.8, 4) is 0 Å². The van der Waals surface area contributed by atoms with Crippen molar-refractivity contribution in [3.05, 3.63) is 82.9 Å². The summed E-state index contributed by atoms with van der Waals surface area (Å²) in [6.07, 6.45) is 0.906. The van der Waals surface area contributed by atoms with Crippen molar-refractivity contribution in [3.63, 3.8) is 0 Å². The van der Waals surface area contributed by atoms with Crippen LogP contribution in [0.15, 0.2) is 71.8 Å². The molecule has 2 aliphatic rings. The van der Waals surface area contributed by atoms with E-state index in [1.807, 2.05) is 24.3 Å². The van der Waals surface area contributed by atoms with Crippen LogP contribution >= 0.6 is 0 Å². The smallest absolute Gasteiger partial charge is 0.167 e. The first kappa shape index (κ1) is 13.5. The van der Waals surface area contributed by atoms with Crippen LogP contribution in [0.5, 0.6) is 0 Å². The van der Waals surface area contributed by atoms with Crippen LogP contribution in [0.1, 0.15) is 23.5 Å². The molecule has 0 aromatic heterocycles. The van der Waals surface area contributed by atoms with Crippen molar-refractivity contribution >= 4 is 5.78 Å². The predicted octanol–water partition coefficient (Wildman–Crippen LogP) is 3.56. The lowest BCUT2D eigenvalue weighted by Gasteiger charge is -2.19. The molecule has 0 N–H and O–H groups in total. The molecule has 0 amide bonds. The van der Waals surface area contributed by atoms with E-state index < -0.39 is 0 Å². The second-order valence-corrected chi connectivity index (χ2v) is 6.24. The molecule has 2 heteroatoms. The number of likely N-dealkylation sites (tertiary alicyclic amines) is 1. The first-order valence-electron chi connectivity index (χ1n) is 7.87. The van der Waals surface area contributed by atoms with Gasteiger partial charge in [0.25, 0.3) is 0 Å². The minimum Gasteiger partial charge on any atom is -0.294 e. The van der Waals surface area contributed by atoms with Crippen molar-refractivity contribution in [1.82, 2.24) is 4.90 Å². The van der Waals surface area contributed by atoms with Gasteiger partial charge in [-0.3, -0.25) is 9.69 Å². The van der Waals surface area contributed by atoms with Gasteiger partial charge in [0.05, 0.1) is 5.92 Å². The minimum atomic E-state index is 0.0603. The molecule has 110 valence electrons. The topological polar surface area (TPSA) is 20.3 Å². The lowest BCUT2D eigenvalue weighted by atomic mass is 9.93. The molecule has 4 rings (SSSR count). The summed E-state index contributed by atoms with van der Waals surface area (Å²) in [6, 6.07) is 20.7. The number of carbonyl (C=O) groups is 1. The van der Waals surface area contributed by atoms with Crippen LogP contribution < -0.4 is 0 Å². The molecule has 22 heavy (non-hydrogen) atoms. The SMILES string of the molecule is O=C1C2=C(CC1c1ccccc1)CN(Cc1ccccc1)C2. The van der Waals surface area contributed by atoms with Crippen LogP contribution in [0.3, 0.4) is 0 Å². The summed E-state index contributed by atoms with van der Waals surface area (Å²) < 4.78 is 0. The highest BCUT2D eigenvalue weighted by Crippen LogP contribution is 2.39. The maximum atomic E-state index is 12.7. The minimum absolute atomic E-state index is 0.0603. The summed E-state index contributed by atoms with van der Waals surface area (Å²) in [5.41, 5.74) is 4.91. The quantitative estimate of drug-likeness (QED) is 0.861. The second-order valence-electron chi connectivity index (χ2n) is 6.24. The fourth-order valence-electron chi connectivity index (χ4n) is 3.65. The van der Waals surface area contributed by atoms with Gasteiger partial charge in [0.1, 0.15) is 0 Å². The Bertz CT molecular complexity index is 718. The highest BCUT2D eigenvalue weighted by molar-refractivity contribution is 6.04. The number of ketones is 1. The Morgan fingerprint density at radius 2 is 1.59 bits per heavy atom. The molecule has 1 aliphatic carbocycles. The highest BCUT2D eigenvalue weighted by Gasteiger charge is 2.38. The molecule has 2 nitrogen and oxygen atoms in total. The van der Waals surface area contributed by atoms with Crippen LogP contribution in [0, 0.1) is 0 Å². The van der Waals surface area contributed by atoms with E-state index in [0.717, 1.165) is 37.2 Å². The van der Waals surface area contributed by atoms with Gasteiger partial charge in [-0.15, -0.1) is 0 Å². The Labute approximate surface area is 131 Å². The summed E-state index contributed by atoms with van der Waals surface area (Å²) in [5.74, 6) is 0.404. The van der Waals surface area contributed by atoms with Gasteiger partial charge in [0.2, 0.25) is 0 Å². The maximum absolute atomic E-state index is 12.7.